The quantitative estimate of drug-likeness (QED) is 0.737. The summed E-state index contributed by atoms with van der Waals surface area (Å²) in [6, 6.07) is -0.366. The van der Waals surface area contributed by atoms with Crippen molar-refractivity contribution in [2.24, 2.45) is 5.41 Å². The summed E-state index contributed by atoms with van der Waals surface area (Å²) in [6.45, 7) is 5.95. The molecule has 0 aromatic rings. The Bertz CT molecular complexity index is 295. The van der Waals surface area contributed by atoms with E-state index in [4.69, 9.17) is 5.11 Å². The zero-order valence-electron chi connectivity index (χ0n) is 9.93. The van der Waals surface area contributed by atoms with E-state index < -0.39 is 12.1 Å². The van der Waals surface area contributed by atoms with Crippen LogP contribution >= 0.6 is 0 Å². The third-order valence-electron chi connectivity index (χ3n) is 2.88. The van der Waals surface area contributed by atoms with Gasteiger partial charge in [-0.25, -0.2) is 0 Å². The number of carboxylic acid groups (broad SMARTS) is 1. The summed E-state index contributed by atoms with van der Waals surface area (Å²) in [4.78, 5) is 23.9. The number of hydrogen-bond acceptors (Lipinski definition) is 3. The Labute approximate surface area is 95.1 Å². The molecule has 0 spiro atoms. The molecule has 1 amide bonds. The number of carbonyl (C=O) groups excluding carboxylic acids is 1. The Hall–Kier alpha value is -1.10. The van der Waals surface area contributed by atoms with Crippen molar-refractivity contribution >= 4 is 11.9 Å². The second-order valence-corrected chi connectivity index (χ2v) is 5.38. The number of hydrogen-bond donors (Lipinski definition) is 2. The van der Waals surface area contributed by atoms with Crippen molar-refractivity contribution in [1.29, 1.82) is 0 Å². The molecular weight excluding hydrogens is 210 g/mol. The van der Waals surface area contributed by atoms with Crippen LogP contribution in [0.5, 0.6) is 0 Å². The third kappa shape index (κ3) is 2.95. The lowest BCUT2D eigenvalue weighted by Gasteiger charge is -2.37. The molecule has 2 unspecified atom stereocenters. The highest BCUT2D eigenvalue weighted by Gasteiger charge is 2.39. The van der Waals surface area contributed by atoms with Gasteiger partial charge in [0, 0.05) is 12.6 Å². The molecular formula is C11H19NO4. The number of aliphatic carboxylic acids is 1. The van der Waals surface area contributed by atoms with E-state index >= 15 is 0 Å². The zero-order chi connectivity index (χ0) is 12.5. The number of carbonyl (C=O) groups is 2. The molecule has 0 aromatic carbocycles. The highest BCUT2D eigenvalue weighted by atomic mass is 16.4. The molecule has 0 bridgehead atoms. The molecule has 2 N–H and O–H groups in total. The monoisotopic (exact) mass is 229 g/mol. The number of aliphatic hydroxyl groups is 1. The average Bonchev–Trinajstić information content (AvgIpc) is 2.38. The number of amides is 1. The van der Waals surface area contributed by atoms with Crippen LogP contribution < -0.4 is 0 Å². The highest BCUT2D eigenvalue weighted by molar-refractivity contribution is 5.80. The maximum atomic E-state index is 11.6. The van der Waals surface area contributed by atoms with Gasteiger partial charge in [0.1, 0.15) is 0 Å². The predicted octanol–water partition coefficient (Wildman–Crippen LogP) is 0.469. The van der Waals surface area contributed by atoms with E-state index in [0.29, 0.717) is 0 Å². The summed E-state index contributed by atoms with van der Waals surface area (Å²) in [5.74, 6) is -1.08. The van der Waals surface area contributed by atoms with E-state index in [9.17, 15) is 14.7 Å². The highest BCUT2D eigenvalue weighted by Crippen LogP contribution is 2.30. The summed E-state index contributed by atoms with van der Waals surface area (Å²) in [6.07, 6.45) is -0.639. The average molecular weight is 229 g/mol. The van der Waals surface area contributed by atoms with Crippen LogP contribution in [0.2, 0.25) is 0 Å². The van der Waals surface area contributed by atoms with Gasteiger partial charge in [-0.2, -0.15) is 0 Å². The summed E-state index contributed by atoms with van der Waals surface area (Å²) in [5.41, 5.74) is -0.307. The fourth-order valence-corrected chi connectivity index (χ4v) is 2.06. The Kier molecular flexibility index (Phi) is 3.57. The largest absolute Gasteiger partial charge is 0.481 e. The van der Waals surface area contributed by atoms with Crippen molar-refractivity contribution in [2.45, 2.75) is 45.8 Å². The van der Waals surface area contributed by atoms with Gasteiger partial charge in [0.15, 0.2) is 0 Å². The van der Waals surface area contributed by atoms with E-state index in [1.165, 1.54) is 4.90 Å². The van der Waals surface area contributed by atoms with Crippen LogP contribution in [0.1, 0.15) is 33.6 Å². The van der Waals surface area contributed by atoms with E-state index in [2.05, 4.69) is 0 Å². The molecule has 1 heterocycles. The summed E-state index contributed by atoms with van der Waals surface area (Å²) < 4.78 is 0. The molecule has 1 aliphatic heterocycles. The van der Waals surface area contributed by atoms with E-state index in [0.717, 1.165) is 0 Å². The number of carboxylic acids is 1. The van der Waals surface area contributed by atoms with E-state index in [1.807, 2.05) is 20.8 Å². The zero-order valence-corrected chi connectivity index (χ0v) is 9.93. The first-order valence-corrected chi connectivity index (χ1v) is 5.41. The lowest BCUT2D eigenvalue weighted by atomic mass is 9.83. The van der Waals surface area contributed by atoms with Gasteiger partial charge in [-0.05, 0) is 5.41 Å². The van der Waals surface area contributed by atoms with Crippen molar-refractivity contribution in [1.82, 2.24) is 4.90 Å². The second kappa shape index (κ2) is 4.41. The molecule has 2 atom stereocenters. The van der Waals surface area contributed by atoms with Crippen LogP contribution in [-0.4, -0.2) is 45.7 Å². The Morgan fingerprint density at radius 1 is 1.56 bits per heavy atom. The van der Waals surface area contributed by atoms with Gasteiger partial charge in [-0.15, -0.1) is 0 Å². The Balaban J connectivity index is 2.85. The molecule has 1 aliphatic rings. The van der Waals surface area contributed by atoms with Crippen LogP contribution in [0.15, 0.2) is 0 Å². The van der Waals surface area contributed by atoms with E-state index in [1.54, 1.807) is 0 Å². The number of nitrogens with zero attached hydrogens (tertiary/aromatic N) is 1. The molecule has 1 fully saturated rings. The normalized spacial score (nSPS) is 23.6. The molecule has 5 nitrogen and oxygen atoms in total. The van der Waals surface area contributed by atoms with Gasteiger partial charge in [-0.3, -0.25) is 9.59 Å². The Morgan fingerprint density at radius 3 is 2.44 bits per heavy atom. The molecule has 16 heavy (non-hydrogen) atoms. The Morgan fingerprint density at radius 2 is 2.12 bits per heavy atom. The fraction of sp³-hybridized carbons (Fsp3) is 0.818. The molecule has 0 radical (unpaired) electrons. The van der Waals surface area contributed by atoms with E-state index in [-0.39, 0.29) is 36.8 Å². The van der Waals surface area contributed by atoms with Gasteiger partial charge in [-0.1, -0.05) is 20.8 Å². The maximum absolute atomic E-state index is 11.6. The lowest BCUT2D eigenvalue weighted by molar-refractivity contribution is -0.141. The van der Waals surface area contributed by atoms with Crippen molar-refractivity contribution in [2.75, 3.05) is 6.54 Å². The molecule has 0 saturated carbocycles. The minimum atomic E-state index is -0.922. The lowest BCUT2D eigenvalue weighted by Crippen LogP contribution is -2.46. The molecule has 1 saturated heterocycles. The van der Waals surface area contributed by atoms with Crippen molar-refractivity contribution in [3.8, 4) is 0 Å². The van der Waals surface area contributed by atoms with Crippen LogP contribution in [0.25, 0.3) is 0 Å². The van der Waals surface area contributed by atoms with Gasteiger partial charge in [0.05, 0.1) is 18.9 Å². The number of likely N-dealkylation sites (tertiary alicyclic amines) is 1. The minimum absolute atomic E-state index is 0.0814. The smallest absolute Gasteiger partial charge is 0.305 e. The predicted molar refractivity (Wildman–Crippen MR) is 57.8 cm³/mol. The maximum Gasteiger partial charge on any atom is 0.305 e. The number of aliphatic hydroxyl groups excluding tert-OH is 1. The minimum Gasteiger partial charge on any atom is -0.481 e. The molecule has 1 rings (SSSR count). The second-order valence-electron chi connectivity index (χ2n) is 5.38. The number of rotatable bonds is 3. The van der Waals surface area contributed by atoms with Crippen molar-refractivity contribution < 1.29 is 19.8 Å². The molecule has 0 aromatic heterocycles. The van der Waals surface area contributed by atoms with Crippen molar-refractivity contribution in [3.63, 3.8) is 0 Å². The van der Waals surface area contributed by atoms with Crippen LogP contribution in [-0.2, 0) is 9.59 Å². The fourth-order valence-electron chi connectivity index (χ4n) is 2.06. The van der Waals surface area contributed by atoms with Crippen molar-refractivity contribution in [3.05, 3.63) is 0 Å². The SMILES string of the molecule is CC(C)(C)C(CC(=O)O)N1CC(O)CC1=O. The number of β-amino-alcohol motifs (C(OH)–C–C–N with tert-alkyl or cyclic N) is 1. The van der Waals surface area contributed by atoms with Crippen LogP contribution in [0.3, 0.4) is 0 Å². The standard InChI is InChI=1S/C11H19NO4/c1-11(2,3)8(5-10(15)16)12-6-7(13)4-9(12)14/h7-8,13H,4-6H2,1-3H3,(H,15,16). The molecule has 92 valence electrons. The van der Waals surface area contributed by atoms with Crippen LogP contribution in [0, 0.1) is 5.41 Å². The first-order valence-electron chi connectivity index (χ1n) is 5.41. The first kappa shape index (κ1) is 13.0. The van der Waals surface area contributed by atoms with Gasteiger partial charge in [0.25, 0.3) is 0 Å². The summed E-state index contributed by atoms with van der Waals surface area (Å²) >= 11 is 0. The third-order valence-corrected chi connectivity index (χ3v) is 2.88. The van der Waals surface area contributed by atoms with Gasteiger partial charge >= 0.3 is 5.97 Å². The van der Waals surface area contributed by atoms with Crippen LogP contribution in [0.4, 0.5) is 0 Å². The van der Waals surface area contributed by atoms with Gasteiger partial charge in [0.2, 0.25) is 5.91 Å². The summed E-state index contributed by atoms with van der Waals surface area (Å²) in [7, 11) is 0. The molecule has 0 aliphatic carbocycles. The van der Waals surface area contributed by atoms with Gasteiger partial charge < -0.3 is 15.1 Å². The molecule has 5 heteroatoms. The summed E-state index contributed by atoms with van der Waals surface area (Å²) in [5, 5.41) is 18.3. The topological polar surface area (TPSA) is 77.8 Å². The first-order chi connectivity index (χ1) is 7.21.